The number of Topliss-reactive ketones (excluding diaryl/α,β-unsaturated/α-hetero) is 1. The summed E-state index contributed by atoms with van der Waals surface area (Å²) in [5.41, 5.74) is 5.53. The van der Waals surface area contributed by atoms with Crippen LogP contribution in [0.15, 0.2) is 0 Å². The summed E-state index contributed by atoms with van der Waals surface area (Å²) in [4.78, 5) is 13.6. The Kier molecular flexibility index (Phi) is 2.33. The van der Waals surface area contributed by atoms with Gasteiger partial charge in [0.15, 0.2) is 0 Å². The van der Waals surface area contributed by atoms with Crippen molar-refractivity contribution in [2.45, 2.75) is 12.5 Å². The molecular formula is C8H16N4O. The molecule has 4 N–H and O–H groups in total. The quantitative estimate of drug-likeness (QED) is 0.478. The fourth-order valence-corrected chi connectivity index (χ4v) is 2.26. The van der Waals surface area contributed by atoms with E-state index >= 15 is 0 Å². The van der Waals surface area contributed by atoms with Gasteiger partial charge in [-0.3, -0.25) is 15.5 Å². The largest absolute Gasteiger partial charge is 0.318 e. The van der Waals surface area contributed by atoms with Crippen molar-refractivity contribution in [2.75, 3.05) is 26.3 Å². The molecule has 2 aliphatic heterocycles. The molecule has 0 aliphatic carbocycles. The predicted molar refractivity (Wildman–Crippen MR) is 48.4 cm³/mol. The lowest BCUT2D eigenvalue weighted by atomic mass is 9.92. The van der Waals surface area contributed by atoms with Crippen LogP contribution >= 0.6 is 0 Å². The van der Waals surface area contributed by atoms with Crippen LogP contribution in [0.2, 0.25) is 0 Å². The molecule has 0 bridgehead atoms. The standard InChI is InChI=1S/C8H16N4O/c9-5-11-3-6-7(4-11)12(10)2-1-8(6)13/h6-7H,1-5,9-10H2. The highest BCUT2D eigenvalue weighted by molar-refractivity contribution is 5.83. The molecule has 0 aromatic rings. The molecule has 0 amide bonds. The van der Waals surface area contributed by atoms with Gasteiger partial charge in [-0.1, -0.05) is 0 Å². The molecule has 0 saturated carbocycles. The number of hydrazine groups is 1. The Balaban J connectivity index is 2.10. The Hall–Kier alpha value is -0.490. The number of fused-ring (bicyclic) bond motifs is 1. The van der Waals surface area contributed by atoms with Gasteiger partial charge in [0.2, 0.25) is 0 Å². The summed E-state index contributed by atoms with van der Waals surface area (Å²) in [7, 11) is 0. The zero-order chi connectivity index (χ0) is 9.42. The third-order valence-corrected chi connectivity index (χ3v) is 3.08. The van der Waals surface area contributed by atoms with Gasteiger partial charge >= 0.3 is 0 Å². The normalized spacial score (nSPS) is 36.6. The lowest BCUT2D eigenvalue weighted by Crippen LogP contribution is -2.52. The highest BCUT2D eigenvalue weighted by atomic mass is 16.1. The van der Waals surface area contributed by atoms with Crippen molar-refractivity contribution in [1.29, 1.82) is 0 Å². The van der Waals surface area contributed by atoms with Crippen LogP contribution in [0.4, 0.5) is 0 Å². The third-order valence-electron chi connectivity index (χ3n) is 3.08. The zero-order valence-electron chi connectivity index (χ0n) is 7.65. The zero-order valence-corrected chi connectivity index (χ0v) is 7.65. The fourth-order valence-electron chi connectivity index (χ4n) is 2.26. The van der Waals surface area contributed by atoms with Gasteiger partial charge in [-0.15, -0.1) is 0 Å². The minimum Gasteiger partial charge on any atom is -0.318 e. The van der Waals surface area contributed by atoms with Crippen LogP contribution in [0, 0.1) is 5.92 Å². The van der Waals surface area contributed by atoms with E-state index in [9.17, 15) is 4.79 Å². The molecule has 2 heterocycles. The van der Waals surface area contributed by atoms with Crippen LogP contribution in [-0.4, -0.2) is 48.0 Å². The molecule has 5 heteroatoms. The van der Waals surface area contributed by atoms with Crippen LogP contribution < -0.4 is 11.6 Å². The van der Waals surface area contributed by atoms with Gasteiger partial charge < -0.3 is 5.73 Å². The van der Waals surface area contributed by atoms with E-state index in [4.69, 9.17) is 11.6 Å². The summed E-state index contributed by atoms with van der Waals surface area (Å²) < 4.78 is 0. The summed E-state index contributed by atoms with van der Waals surface area (Å²) in [5, 5.41) is 1.79. The smallest absolute Gasteiger partial charge is 0.140 e. The summed E-state index contributed by atoms with van der Waals surface area (Å²) in [5.74, 6) is 6.26. The van der Waals surface area contributed by atoms with Gasteiger partial charge in [0.25, 0.3) is 0 Å². The maximum absolute atomic E-state index is 11.5. The second-order valence-corrected chi connectivity index (χ2v) is 3.85. The summed E-state index contributed by atoms with van der Waals surface area (Å²) >= 11 is 0. The van der Waals surface area contributed by atoms with E-state index in [1.54, 1.807) is 5.01 Å². The Labute approximate surface area is 77.6 Å². The minimum atomic E-state index is 0.0994. The second kappa shape index (κ2) is 3.34. The first kappa shape index (κ1) is 9.08. The van der Waals surface area contributed by atoms with Crippen LogP contribution in [-0.2, 0) is 4.79 Å². The lowest BCUT2D eigenvalue weighted by molar-refractivity contribution is -0.127. The second-order valence-electron chi connectivity index (χ2n) is 3.85. The van der Waals surface area contributed by atoms with E-state index in [-0.39, 0.29) is 12.0 Å². The number of hydrogen-bond acceptors (Lipinski definition) is 5. The number of hydrogen-bond donors (Lipinski definition) is 2. The van der Waals surface area contributed by atoms with E-state index in [0.717, 1.165) is 13.1 Å². The summed E-state index contributed by atoms with van der Waals surface area (Å²) in [6.45, 7) is 2.84. The highest BCUT2D eigenvalue weighted by Gasteiger charge is 2.42. The molecule has 13 heavy (non-hydrogen) atoms. The van der Waals surface area contributed by atoms with Gasteiger partial charge in [-0.2, -0.15) is 0 Å². The predicted octanol–water partition coefficient (Wildman–Crippen LogP) is -1.65. The average molecular weight is 184 g/mol. The Morgan fingerprint density at radius 3 is 2.85 bits per heavy atom. The van der Waals surface area contributed by atoms with E-state index in [2.05, 4.69) is 4.90 Å². The molecule has 0 aromatic carbocycles. The van der Waals surface area contributed by atoms with Gasteiger partial charge in [0, 0.05) is 44.7 Å². The van der Waals surface area contributed by atoms with Crippen LogP contribution in [0.3, 0.4) is 0 Å². The molecule has 0 radical (unpaired) electrons. The molecule has 2 fully saturated rings. The number of likely N-dealkylation sites (tertiary alicyclic amines) is 1. The molecule has 0 spiro atoms. The highest BCUT2D eigenvalue weighted by Crippen LogP contribution is 2.25. The van der Waals surface area contributed by atoms with Crippen molar-refractivity contribution in [3.8, 4) is 0 Å². The number of rotatable bonds is 1. The van der Waals surface area contributed by atoms with Gasteiger partial charge in [-0.05, 0) is 0 Å². The van der Waals surface area contributed by atoms with Crippen LogP contribution in [0.5, 0.6) is 0 Å². The van der Waals surface area contributed by atoms with E-state index in [1.165, 1.54) is 0 Å². The Morgan fingerprint density at radius 1 is 1.46 bits per heavy atom. The van der Waals surface area contributed by atoms with Crippen LogP contribution in [0.1, 0.15) is 6.42 Å². The first-order chi connectivity index (χ1) is 6.22. The van der Waals surface area contributed by atoms with Gasteiger partial charge in [0.05, 0.1) is 0 Å². The fraction of sp³-hybridized carbons (Fsp3) is 0.875. The topological polar surface area (TPSA) is 75.6 Å². The van der Waals surface area contributed by atoms with E-state index in [0.29, 0.717) is 25.4 Å². The number of carbonyl (C=O) groups excluding carboxylic acids is 1. The Bertz CT molecular complexity index is 220. The van der Waals surface area contributed by atoms with Gasteiger partial charge in [-0.25, -0.2) is 5.01 Å². The van der Waals surface area contributed by atoms with Crippen molar-refractivity contribution in [1.82, 2.24) is 9.91 Å². The molecule has 2 aliphatic rings. The summed E-state index contributed by atoms with van der Waals surface area (Å²) in [6.07, 6.45) is 0.593. The molecule has 2 saturated heterocycles. The number of nitrogens with two attached hydrogens (primary N) is 2. The monoisotopic (exact) mass is 184 g/mol. The molecule has 5 nitrogen and oxygen atoms in total. The average Bonchev–Trinajstić information content (AvgIpc) is 2.56. The van der Waals surface area contributed by atoms with E-state index < -0.39 is 0 Å². The van der Waals surface area contributed by atoms with Gasteiger partial charge in [0.1, 0.15) is 5.78 Å². The number of ketones is 1. The first-order valence-corrected chi connectivity index (χ1v) is 4.69. The number of nitrogens with zero attached hydrogens (tertiary/aromatic N) is 2. The Morgan fingerprint density at radius 2 is 2.23 bits per heavy atom. The van der Waals surface area contributed by atoms with Crippen molar-refractivity contribution >= 4 is 5.78 Å². The number of carbonyl (C=O) groups is 1. The van der Waals surface area contributed by atoms with Crippen molar-refractivity contribution in [3.05, 3.63) is 0 Å². The summed E-state index contributed by atoms with van der Waals surface area (Å²) in [6, 6.07) is 0.199. The molecule has 2 rings (SSSR count). The molecule has 2 atom stereocenters. The first-order valence-electron chi connectivity index (χ1n) is 4.69. The van der Waals surface area contributed by atoms with E-state index in [1.807, 2.05) is 0 Å². The minimum absolute atomic E-state index is 0.0994. The maximum atomic E-state index is 11.5. The molecule has 0 aromatic heterocycles. The molecule has 74 valence electrons. The SMILES string of the molecule is NCN1CC2C(=O)CCN(N)C2C1. The molecule has 2 unspecified atom stereocenters. The van der Waals surface area contributed by atoms with Crippen molar-refractivity contribution in [3.63, 3.8) is 0 Å². The number of piperidine rings is 1. The van der Waals surface area contributed by atoms with Crippen molar-refractivity contribution < 1.29 is 4.79 Å². The van der Waals surface area contributed by atoms with Crippen LogP contribution in [0.25, 0.3) is 0 Å². The molecular weight excluding hydrogens is 168 g/mol. The maximum Gasteiger partial charge on any atom is 0.140 e. The lowest BCUT2D eigenvalue weighted by Gasteiger charge is -2.32. The third kappa shape index (κ3) is 1.48. The van der Waals surface area contributed by atoms with Crippen molar-refractivity contribution in [2.24, 2.45) is 17.5 Å².